The summed E-state index contributed by atoms with van der Waals surface area (Å²) >= 11 is 0. The monoisotopic (exact) mass is 419 g/mol. The molecule has 0 aromatic heterocycles. The van der Waals surface area contributed by atoms with Crippen molar-refractivity contribution in [3.63, 3.8) is 0 Å². The summed E-state index contributed by atoms with van der Waals surface area (Å²) in [5.41, 5.74) is 0.972. The second kappa shape index (κ2) is 9.30. The van der Waals surface area contributed by atoms with E-state index in [0.717, 1.165) is 5.75 Å². The molecule has 0 spiro atoms. The van der Waals surface area contributed by atoms with Gasteiger partial charge in [-0.2, -0.15) is 0 Å². The fourth-order valence-electron chi connectivity index (χ4n) is 3.35. The van der Waals surface area contributed by atoms with E-state index in [1.807, 2.05) is 30.3 Å². The number of hydrogen-bond acceptors (Lipinski definition) is 3. The largest absolute Gasteiger partial charge is 0.457 e. The Hall–Kier alpha value is -3.87. The highest BCUT2D eigenvalue weighted by molar-refractivity contribution is 5.94. The van der Waals surface area contributed by atoms with Crippen LogP contribution >= 0.6 is 0 Å². The van der Waals surface area contributed by atoms with Gasteiger partial charge in [0.05, 0.1) is 0 Å². The topological polar surface area (TPSA) is 61.9 Å². The van der Waals surface area contributed by atoms with Crippen molar-refractivity contribution in [1.82, 2.24) is 9.80 Å². The summed E-state index contributed by atoms with van der Waals surface area (Å²) < 4.78 is 19.1. The average Bonchev–Trinajstić information content (AvgIpc) is 2.81. The first-order chi connectivity index (χ1) is 15.1. The van der Waals surface area contributed by atoms with Crippen LogP contribution in [0.1, 0.15) is 10.4 Å². The number of nitrogens with zero attached hydrogens (tertiary/aromatic N) is 2. The fourth-order valence-corrected chi connectivity index (χ4v) is 3.35. The minimum Gasteiger partial charge on any atom is -0.457 e. The fraction of sp³-hybridized carbons (Fsp3) is 0.167. The second-order valence-electron chi connectivity index (χ2n) is 7.16. The van der Waals surface area contributed by atoms with E-state index in [9.17, 15) is 14.0 Å². The van der Waals surface area contributed by atoms with Gasteiger partial charge < -0.3 is 19.9 Å². The molecule has 1 N–H and O–H groups in total. The van der Waals surface area contributed by atoms with Gasteiger partial charge in [-0.1, -0.05) is 24.3 Å². The van der Waals surface area contributed by atoms with Crippen LogP contribution in [0.5, 0.6) is 11.5 Å². The number of anilines is 1. The molecule has 31 heavy (non-hydrogen) atoms. The van der Waals surface area contributed by atoms with E-state index in [0.29, 0.717) is 43.2 Å². The molecule has 0 aliphatic carbocycles. The number of carbonyl (C=O) groups excluding carboxylic acids is 2. The van der Waals surface area contributed by atoms with Crippen molar-refractivity contribution in [2.45, 2.75) is 0 Å². The quantitative estimate of drug-likeness (QED) is 0.672. The smallest absolute Gasteiger partial charge is 0.321 e. The van der Waals surface area contributed by atoms with Crippen molar-refractivity contribution in [1.29, 1.82) is 0 Å². The molecule has 3 aromatic rings. The van der Waals surface area contributed by atoms with Gasteiger partial charge in [-0.15, -0.1) is 0 Å². The van der Waals surface area contributed by atoms with Crippen LogP contribution in [-0.2, 0) is 0 Å². The molecule has 0 unspecified atom stereocenters. The number of nitrogens with one attached hydrogen (secondary N) is 1. The second-order valence-corrected chi connectivity index (χ2v) is 7.16. The molecular formula is C24H22FN3O3. The van der Waals surface area contributed by atoms with Gasteiger partial charge in [0.1, 0.15) is 17.3 Å². The average molecular weight is 419 g/mol. The third kappa shape index (κ3) is 5.19. The molecule has 1 aliphatic rings. The molecule has 0 bridgehead atoms. The predicted molar refractivity (Wildman–Crippen MR) is 116 cm³/mol. The lowest BCUT2D eigenvalue weighted by molar-refractivity contribution is 0.0671. The summed E-state index contributed by atoms with van der Waals surface area (Å²) in [5.74, 6) is 0.747. The summed E-state index contributed by atoms with van der Waals surface area (Å²) in [5, 5.41) is 2.86. The van der Waals surface area contributed by atoms with Crippen LogP contribution < -0.4 is 10.1 Å². The molecule has 158 valence electrons. The van der Waals surface area contributed by atoms with Crippen molar-refractivity contribution in [3.8, 4) is 11.5 Å². The normalized spacial score (nSPS) is 13.6. The van der Waals surface area contributed by atoms with Crippen LogP contribution in [0.2, 0.25) is 0 Å². The van der Waals surface area contributed by atoms with E-state index in [2.05, 4.69) is 5.32 Å². The van der Waals surface area contributed by atoms with Crippen molar-refractivity contribution in [3.05, 3.63) is 90.2 Å². The number of rotatable bonds is 4. The molecule has 0 atom stereocenters. The first-order valence-corrected chi connectivity index (χ1v) is 10.0. The van der Waals surface area contributed by atoms with Crippen molar-refractivity contribution in [2.24, 2.45) is 0 Å². The molecule has 4 rings (SSSR count). The molecule has 0 saturated carbocycles. The number of amides is 3. The molecule has 1 saturated heterocycles. The SMILES string of the molecule is O=C(Nc1ccc(Oc2ccccc2)cc1)N1CCN(C(=O)c2cccc(F)c2)CC1. The molecule has 6 nitrogen and oxygen atoms in total. The number of hydrogen-bond donors (Lipinski definition) is 1. The Balaban J connectivity index is 1.28. The number of halogens is 1. The van der Waals surface area contributed by atoms with Crippen LogP contribution in [0, 0.1) is 5.82 Å². The van der Waals surface area contributed by atoms with Gasteiger partial charge in [-0.05, 0) is 54.6 Å². The lowest BCUT2D eigenvalue weighted by Crippen LogP contribution is -2.51. The van der Waals surface area contributed by atoms with E-state index >= 15 is 0 Å². The Morgan fingerprint density at radius 1 is 0.774 bits per heavy atom. The minimum atomic E-state index is -0.441. The third-order valence-corrected chi connectivity index (χ3v) is 5.01. The summed E-state index contributed by atoms with van der Waals surface area (Å²) in [4.78, 5) is 28.4. The van der Waals surface area contributed by atoms with Crippen molar-refractivity contribution in [2.75, 3.05) is 31.5 Å². The summed E-state index contributed by atoms with van der Waals surface area (Å²) in [6.45, 7) is 1.60. The molecule has 0 radical (unpaired) electrons. The predicted octanol–water partition coefficient (Wildman–Crippen LogP) is 4.61. The molecule has 7 heteroatoms. The standard InChI is InChI=1S/C24H22FN3O3/c25-19-6-4-5-18(17-19)23(29)27-13-15-28(16-14-27)24(30)26-20-9-11-22(12-10-20)31-21-7-2-1-3-8-21/h1-12,17H,13-16H2,(H,26,30). The zero-order chi connectivity index (χ0) is 21.6. The maximum atomic E-state index is 13.4. The Morgan fingerprint density at radius 2 is 1.42 bits per heavy atom. The Labute approximate surface area is 179 Å². The Morgan fingerprint density at radius 3 is 2.10 bits per heavy atom. The molecule has 3 aromatic carbocycles. The van der Waals surface area contributed by atoms with Gasteiger partial charge in [-0.25, -0.2) is 9.18 Å². The van der Waals surface area contributed by atoms with Crippen LogP contribution in [0.3, 0.4) is 0 Å². The number of ether oxygens (including phenoxy) is 1. The highest BCUT2D eigenvalue weighted by Gasteiger charge is 2.25. The van der Waals surface area contributed by atoms with E-state index in [1.54, 1.807) is 40.1 Å². The number of benzene rings is 3. The molecule has 1 aliphatic heterocycles. The molecule has 1 fully saturated rings. The van der Waals surface area contributed by atoms with Gasteiger partial charge >= 0.3 is 6.03 Å². The lowest BCUT2D eigenvalue weighted by atomic mass is 10.2. The lowest BCUT2D eigenvalue weighted by Gasteiger charge is -2.34. The minimum absolute atomic E-state index is 0.227. The van der Waals surface area contributed by atoms with E-state index < -0.39 is 5.82 Å². The number of piperazine rings is 1. The molecule has 3 amide bonds. The number of carbonyl (C=O) groups is 2. The number of para-hydroxylation sites is 1. The molecule has 1 heterocycles. The third-order valence-electron chi connectivity index (χ3n) is 5.01. The maximum Gasteiger partial charge on any atom is 0.321 e. The zero-order valence-electron chi connectivity index (χ0n) is 16.8. The van der Waals surface area contributed by atoms with Crippen molar-refractivity contribution >= 4 is 17.6 Å². The van der Waals surface area contributed by atoms with Crippen LogP contribution in [0.4, 0.5) is 14.9 Å². The van der Waals surface area contributed by atoms with Crippen molar-refractivity contribution < 1.29 is 18.7 Å². The van der Waals surface area contributed by atoms with E-state index in [1.165, 1.54) is 18.2 Å². The van der Waals surface area contributed by atoms with Gasteiger partial charge in [0, 0.05) is 37.4 Å². The highest BCUT2D eigenvalue weighted by atomic mass is 19.1. The van der Waals surface area contributed by atoms with Gasteiger partial charge in [0.15, 0.2) is 0 Å². The van der Waals surface area contributed by atoms with Crippen LogP contribution in [0.15, 0.2) is 78.9 Å². The number of urea groups is 1. The maximum absolute atomic E-state index is 13.4. The first-order valence-electron chi connectivity index (χ1n) is 10.0. The van der Waals surface area contributed by atoms with Gasteiger partial charge in [-0.3, -0.25) is 4.79 Å². The van der Waals surface area contributed by atoms with Crippen LogP contribution in [-0.4, -0.2) is 47.9 Å². The Bertz CT molecular complexity index is 1050. The van der Waals surface area contributed by atoms with E-state index in [-0.39, 0.29) is 11.9 Å². The summed E-state index contributed by atoms with van der Waals surface area (Å²) in [6, 6.07) is 22.0. The summed E-state index contributed by atoms with van der Waals surface area (Å²) in [6.07, 6.45) is 0. The highest BCUT2D eigenvalue weighted by Crippen LogP contribution is 2.23. The first kappa shape index (κ1) is 20.4. The Kier molecular flexibility index (Phi) is 6.12. The van der Waals surface area contributed by atoms with E-state index in [4.69, 9.17) is 4.74 Å². The van der Waals surface area contributed by atoms with Gasteiger partial charge in [0.2, 0.25) is 0 Å². The summed E-state index contributed by atoms with van der Waals surface area (Å²) in [7, 11) is 0. The zero-order valence-corrected chi connectivity index (χ0v) is 16.8. The molecular weight excluding hydrogens is 397 g/mol. The van der Waals surface area contributed by atoms with Crippen LogP contribution in [0.25, 0.3) is 0 Å². The van der Waals surface area contributed by atoms with Gasteiger partial charge in [0.25, 0.3) is 5.91 Å².